The molecule has 4 rings (SSSR count). The summed E-state index contributed by atoms with van der Waals surface area (Å²) in [6.45, 7) is 1.66. The molecule has 9 heteroatoms. The molecule has 2 fully saturated rings. The van der Waals surface area contributed by atoms with Crippen molar-refractivity contribution in [2.45, 2.75) is 32.1 Å². The Labute approximate surface area is 196 Å². The third-order valence-corrected chi connectivity index (χ3v) is 6.47. The quantitative estimate of drug-likeness (QED) is 0.695. The Balaban J connectivity index is 1.34. The first kappa shape index (κ1) is 23.7. The number of carbonyl (C=O) groups excluding carboxylic acids is 3. The molecule has 0 aromatic heterocycles. The highest BCUT2D eigenvalue weighted by atomic mass is 19.1. The zero-order chi connectivity index (χ0) is 24.2. The highest BCUT2D eigenvalue weighted by Crippen LogP contribution is 2.28. The predicted molar refractivity (Wildman–Crippen MR) is 121 cm³/mol. The SMILES string of the molecule is O=C(Nc1ccc(C(=O)N2CCN(C(=O)CC3CCCC3)CC2)c(O)c1)c1cc(F)cc(F)c1. The summed E-state index contributed by atoms with van der Waals surface area (Å²) in [4.78, 5) is 41.1. The number of nitrogens with one attached hydrogen (secondary N) is 1. The van der Waals surface area contributed by atoms with Crippen LogP contribution in [0.4, 0.5) is 14.5 Å². The first-order chi connectivity index (χ1) is 16.3. The van der Waals surface area contributed by atoms with Crippen LogP contribution < -0.4 is 5.32 Å². The van der Waals surface area contributed by atoms with Gasteiger partial charge in [0.25, 0.3) is 11.8 Å². The van der Waals surface area contributed by atoms with E-state index in [1.54, 1.807) is 9.80 Å². The first-order valence-electron chi connectivity index (χ1n) is 11.5. The molecular formula is C25H27F2N3O4. The molecule has 0 bridgehead atoms. The summed E-state index contributed by atoms with van der Waals surface area (Å²) in [7, 11) is 0. The molecule has 1 saturated heterocycles. The molecule has 1 saturated carbocycles. The van der Waals surface area contributed by atoms with Crippen LogP contribution >= 0.6 is 0 Å². The topological polar surface area (TPSA) is 90.0 Å². The number of phenols is 1. The van der Waals surface area contributed by atoms with Crippen LogP contribution in [0, 0.1) is 17.6 Å². The zero-order valence-corrected chi connectivity index (χ0v) is 18.7. The number of halogens is 2. The maximum Gasteiger partial charge on any atom is 0.257 e. The van der Waals surface area contributed by atoms with E-state index in [2.05, 4.69) is 5.32 Å². The summed E-state index contributed by atoms with van der Waals surface area (Å²) in [6.07, 6.45) is 5.17. The number of hydrogen-bond donors (Lipinski definition) is 2. The highest BCUT2D eigenvalue weighted by molar-refractivity contribution is 6.05. The molecule has 0 radical (unpaired) electrons. The first-order valence-corrected chi connectivity index (χ1v) is 11.5. The van der Waals surface area contributed by atoms with Gasteiger partial charge in [-0.15, -0.1) is 0 Å². The van der Waals surface area contributed by atoms with Gasteiger partial charge in [-0.3, -0.25) is 14.4 Å². The number of amides is 3. The molecule has 1 heterocycles. The summed E-state index contributed by atoms with van der Waals surface area (Å²) in [6, 6.07) is 6.48. The number of hydrogen-bond acceptors (Lipinski definition) is 4. The minimum absolute atomic E-state index is 0.0699. The lowest BCUT2D eigenvalue weighted by Gasteiger charge is -2.35. The molecule has 0 spiro atoms. The van der Waals surface area contributed by atoms with E-state index >= 15 is 0 Å². The van der Waals surface area contributed by atoms with Gasteiger partial charge in [-0.1, -0.05) is 12.8 Å². The second-order valence-corrected chi connectivity index (χ2v) is 8.87. The van der Waals surface area contributed by atoms with Gasteiger partial charge in [0.15, 0.2) is 0 Å². The molecular weight excluding hydrogens is 444 g/mol. The smallest absolute Gasteiger partial charge is 0.257 e. The van der Waals surface area contributed by atoms with Crippen LogP contribution in [0.5, 0.6) is 5.75 Å². The number of carbonyl (C=O) groups is 3. The number of aromatic hydroxyl groups is 1. The monoisotopic (exact) mass is 471 g/mol. The van der Waals surface area contributed by atoms with E-state index in [1.807, 2.05) is 0 Å². The summed E-state index contributed by atoms with van der Waals surface area (Å²) >= 11 is 0. The maximum atomic E-state index is 13.3. The third kappa shape index (κ3) is 5.52. The van der Waals surface area contributed by atoms with Crippen molar-refractivity contribution < 1.29 is 28.3 Å². The normalized spacial score (nSPS) is 16.5. The van der Waals surface area contributed by atoms with Gasteiger partial charge in [0, 0.05) is 56.0 Å². The van der Waals surface area contributed by atoms with Crippen LogP contribution in [0.2, 0.25) is 0 Å². The van der Waals surface area contributed by atoms with Crippen LogP contribution in [0.1, 0.15) is 52.8 Å². The van der Waals surface area contributed by atoms with E-state index < -0.39 is 17.5 Å². The fourth-order valence-corrected chi connectivity index (χ4v) is 4.60. The van der Waals surface area contributed by atoms with Gasteiger partial charge in [-0.2, -0.15) is 0 Å². The molecule has 3 amide bonds. The number of nitrogens with zero attached hydrogens (tertiary/aromatic N) is 2. The Kier molecular flexibility index (Phi) is 7.09. The van der Waals surface area contributed by atoms with Crippen LogP contribution in [-0.2, 0) is 4.79 Å². The van der Waals surface area contributed by atoms with Crippen molar-refractivity contribution in [2.75, 3.05) is 31.5 Å². The fourth-order valence-electron chi connectivity index (χ4n) is 4.60. The van der Waals surface area contributed by atoms with Crippen molar-refractivity contribution in [3.05, 3.63) is 59.2 Å². The fraction of sp³-hybridized carbons (Fsp3) is 0.400. The number of anilines is 1. The average molecular weight is 472 g/mol. The average Bonchev–Trinajstić information content (AvgIpc) is 3.31. The molecule has 34 heavy (non-hydrogen) atoms. The van der Waals surface area contributed by atoms with Gasteiger partial charge in [0.05, 0.1) is 5.56 Å². The van der Waals surface area contributed by atoms with Gasteiger partial charge in [-0.25, -0.2) is 8.78 Å². The van der Waals surface area contributed by atoms with Crippen molar-refractivity contribution in [3.8, 4) is 5.75 Å². The minimum atomic E-state index is -0.880. The molecule has 1 aliphatic carbocycles. The Bertz CT molecular complexity index is 1070. The molecule has 0 atom stereocenters. The lowest BCUT2D eigenvalue weighted by Crippen LogP contribution is -2.50. The lowest BCUT2D eigenvalue weighted by atomic mass is 10.0. The van der Waals surface area contributed by atoms with Gasteiger partial charge in [0.1, 0.15) is 17.4 Å². The van der Waals surface area contributed by atoms with Crippen molar-refractivity contribution in [3.63, 3.8) is 0 Å². The standard InChI is InChI=1S/C25H27F2N3O4/c26-18-12-17(13-19(27)14-18)24(33)28-20-5-6-21(22(31)15-20)25(34)30-9-7-29(8-10-30)23(32)11-16-3-1-2-4-16/h5-6,12-16,31H,1-4,7-11H2,(H,28,33). The van der Waals surface area contributed by atoms with Gasteiger partial charge >= 0.3 is 0 Å². The third-order valence-electron chi connectivity index (χ3n) is 6.47. The second kappa shape index (κ2) is 10.2. The van der Waals surface area contributed by atoms with Gasteiger partial charge < -0.3 is 20.2 Å². The Hall–Kier alpha value is -3.49. The Morgan fingerprint density at radius 1 is 0.912 bits per heavy atom. The molecule has 2 aromatic rings. The highest BCUT2D eigenvalue weighted by Gasteiger charge is 2.28. The largest absolute Gasteiger partial charge is 0.507 e. The van der Waals surface area contributed by atoms with E-state index in [9.17, 15) is 28.3 Å². The number of benzene rings is 2. The maximum absolute atomic E-state index is 13.3. The van der Waals surface area contributed by atoms with E-state index in [-0.39, 0.29) is 34.4 Å². The molecule has 2 N–H and O–H groups in total. The summed E-state index contributed by atoms with van der Waals surface area (Å²) in [5.41, 5.74) is 0.0315. The summed E-state index contributed by atoms with van der Waals surface area (Å²) in [5, 5.41) is 12.8. The van der Waals surface area contributed by atoms with Crippen molar-refractivity contribution in [1.29, 1.82) is 0 Å². The molecule has 7 nitrogen and oxygen atoms in total. The van der Waals surface area contributed by atoms with Crippen molar-refractivity contribution in [1.82, 2.24) is 9.80 Å². The van der Waals surface area contributed by atoms with E-state index in [1.165, 1.54) is 31.0 Å². The summed E-state index contributed by atoms with van der Waals surface area (Å²) in [5.74, 6) is -2.60. The second-order valence-electron chi connectivity index (χ2n) is 8.87. The Morgan fingerprint density at radius 2 is 1.53 bits per heavy atom. The van der Waals surface area contributed by atoms with Crippen LogP contribution in [0.3, 0.4) is 0 Å². The van der Waals surface area contributed by atoms with Crippen LogP contribution in [0.25, 0.3) is 0 Å². The van der Waals surface area contributed by atoms with Crippen molar-refractivity contribution >= 4 is 23.4 Å². The zero-order valence-electron chi connectivity index (χ0n) is 18.7. The Morgan fingerprint density at radius 3 is 2.15 bits per heavy atom. The summed E-state index contributed by atoms with van der Waals surface area (Å²) < 4.78 is 26.7. The van der Waals surface area contributed by atoms with Gasteiger partial charge in [-0.05, 0) is 43.0 Å². The molecule has 180 valence electrons. The number of phenolic OH excluding ortho intramolecular Hbond substituents is 1. The molecule has 0 unspecified atom stereocenters. The van der Waals surface area contributed by atoms with E-state index in [0.717, 1.165) is 25.0 Å². The van der Waals surface area contributed by atoms with Crippen molar-refractivity contribution in [2.24, 2.45) is 5.92 Å². The van der Waals surface area contributed by atoms with Crippen LogP contribution in [0.15, 0.2) is 36.4 Å². The van der Waals surface area contributed by atoms with Gasteiger partial charge in [0.2, 0.25) is 5.91 Å². The van der Waals surface area contributed by atoms with Crippen LogP contribution in [-0.4, -0.2) is 58.8 Å². The minimum Gasteiger partial charge on any atom is -0.507 e. The molecule has 2 aromatic carbocycles. The molecule has 1 aliphatic heterocycles. The number of rotatable bonds is 5. The lowest BCUT2D eigenvalue weighted by molar-refractivity contribution is -0.133. The number of piperazine rings is 1. The van der Waals surface area contributed by atoms with E-state index in [4.69, 9.17) is 0 Å². The van der Waals surface area contributed by atoms with E-state index in [0.29, 0.717) is 44.6 Å². The molecule has 2 aliphatic rings. The predicted octanol–water partition coefficient (Wildman–Crippen LogP) is 3.79.